The summed E-state index contributed by atoms with van der Waals surface area (Å²) in [5.41, 5.74) is 7.31. The number of halogens is 3. The first-order valence-electron chi connectivity index (χ1n) is 14.7. The number of amidine groups is 1. The zero-order valence-corrected chi connectivity index (χ0v) is 29.3. The number of methoxy groups -OCH3 is 1. The van der Waals surface area contributed by atoms with E-state index in [1.165, 1.54) is 35.6 Å². The molecular weight excluding hydrogens is 718 g/mol. The van der Waals surface area contributed by atoms with Crippen molar-refractivity contribution >= 4 is 61.1 Å². The van der Waals surface area contributed by atoms with Crippen LogP contribution in [0.2, 0.25) is 0 Å². The first-order chi connectivity index (χ1) is 23.7. The zero-order chi connectivity index (χ0) is 38.1. The molecule has 1 unspecified atom stereocenters. The Morgan fingerprint density at radius 2 is 1.69 bits per heavy atom. The van der Waals surface area contributed by atoms with Crippen molar-refractivity contribution in [3.05, 3.63) is 82.9 Å². The molecule has 0 aliphatic heterocycles. The van der Waals surface area contributed by atoms with Crippen LogP contribution in [0.3, 0.4) is 0 Å². The van der Waals surface area contributed by atoms with E-state index < -0.39 is 45.8 Å². The lowest BCUT2D eigenvalue weighted by atomic mass is 10.0. The van der Waals surface area contributed by atoms with Crippen LogP contribution in [0.15, 0.2) is 71.6 Å². The molecule has 4 aromatic rings. The van der Waals surface area contributed by atoms with E-state index in [0.29, 0.717) is 27.5 Å². The Balaban J connectivity index is 0.000000908. The number of hydrogen-bond acceptors (Lipinski definition) is 10. The summed E-state index contributed by atoms with van der Waals surface area (Å²) < 4.78 is 72.9. The molecule has 0 saturated carbocycles. The number of carboxylic acid groups (broad SMARTS) is 1. The number of benzene rings is 3. The van der Waals surface area contributed by atoms with Gasteiger partial charge in [0.2, 0.25) is 15.9 Å². The van der Waals surface area contributed by atoms with Crippen molar-refractivity contribution in [2.24, 2.45) is 5.73 Å². The van der Waals surface area contributed by atoms with Gasteiger partial charge >= 0.3 is 18.2 Å². The molecule has 0 aliphatic rings. The second kappa shape index (κ2) is 16.6. The van der Waals surface area contributed by atoms with Crippen molar-refractivity contribution in [2.45, 2.75) is 49.9 Å². The largest absolute Gasteiger partial charge is 0.497 e. The van der Waals surface area contributed by atoms with Crippen molar-refractivity contribution in [3.8, 4) is 5.75 Å². The minimum Gasteiger partial charge on any atom is -0.497 e. The number of nitrogens with zero attached hydrogens (tertiary/aromatic N) is 1. The Labute approximate surface area is 294 Å². The van der Waals surface area contributed by atoms with Crippen LogP contribution >= 0.6 is 11.3 Å². The highest BCUT2D eigenvalue weighted by Crippen LogP contribution is 2.32. The number of hydrogen-bond donors (Lipinski definition) is 6. The fourth-order valence-corrected chi connectivity index (χ4v) is 6.45. The number of carbonyl (C=O) groups is 3. The number of aromatic nitrogens is 1. The van der Waals surface area contributed by atoms with E-state index in [0.717, 1.165) is 10.3 Å². The van der Waals surface area contributed by atoms with Gasteiger partial charge in [0.15, 0.2) is 0 Å². The number of carbonyl (C=O) groups excluding carboxylic acids is 2. The first kappa shape index (κ1) is 40.2. The van der Waals surface area contributed by atoms with Crippen LogP contribution < -0.4 is 25.8 Å². The van der Waals surface area contributed by atoms with Gasteiger partial charge in [0.25, 0.3) is 0 Å². The topological polar surface area (TPSA) is 223 Å². The van der Waals surface area contributed by atoms with E-state index in [2.05, 4.69) is 15.4 Å². The Kier molecular flexibility index (Phi) is 13.1. The van der Waals surface area contributed by atoms with Gasteiger partial charge in [0, 0.05) is 11.3 Å². The van der Waals surface area contributed by atoms with Crippen molar-refractivity contribution in [1.82, 2.24) is 15.0 Å². The van der Waals surface area contributed by atoms with Gasteiger partial charge in [-0.1, -0.05) is 18.2 Å². The quantitative estimate of drug-likeness (QED) is 0.0894. The van der Waals surface area contributed by atoms with Crippen LogP contribution in [0, 0.1) is 5.41 Å². The third-order valence-corrected chi connectivity index (χ3v) is 8.99. The molecule has 0 saturated heterocycles. The third-order valence-electron chi connectivity index (χ3n) is 6.37. The van der Waals surface area contributed by atoms with E-state index >= 15 is 0 Å². The highest BCUT2D eigenvalue weighted by molar-refractivity contribution is 7.89. The van der Waals surface area contributed by atoms with Gasteiger partial charge in [-0.15, -0.1) is 11.3 Å². The molecule has 0 aliphatic carbocycles. The van der Waals surface area contributed by atoms with Crippen molar-refractivity contribution < 1.29 is 50.6 Å². The number of sulfonamides is 1. The number of rotatable bonds is 11. The highest BCUT2D eigenvalue weighted by atomic mass is 32.2. The Morgan fingerprint density at radius 3 is 2.25 bits per heavy atom. The molecular formula is C32H35F3N6O8S2. The van der Waals surface area contributed by atoms with Gasteiger partial charge in [-0.25, -0.2) is 27.7 Å². The maximum Gasteiger partial charge on any atom is 0.490 e. The molecule has 1 heterocycles. The van der Waals surface area contributed by atoms with Crippen LogP contribution in [-0.4, -0.2) is 67.7 Å². The minimum absolute atomic E-state index is 0.0207. The Bertz CT molecular complexity index is 2000. The summed E-state index contributed by atoms with van der Waals surface area (Å²) in [6, 6.07) is 17.4. The number of nitrogens with two attached hydrogens (primary N) is 1. The van der Waals surface area contributed by atoms with E-state index in [1.54, 1.807) is 52.1 Å². The summed E-state index contributed by atoms with van der Waals surface area (Å²) in [5, 5.41) is 20.4. The van der Waals surface area contributed by atoms with Gasteiger partial charge in [0.1, 0.15) is 28.7 Å². The smallest absolute Gasteiger partial charge is 0.490 e. The molecule has 0 radical (unpaired) electrons. The number of nitrogens with one attached hydrogen (secondary N) is 4. The normalized spacial score (nSPS) is 12.2. The van der Waals surface area contributed by atoms with Crippen molar-refractivity contribution in [2.75, 3.05) is 19.0 Å². The van der Waals surface area contributed by atoms with E-state index in [1.807, 2.05) is 18.2 Å². The SMILES string of the molecule is COc1ccc2nc(C(Cc3cccc(C(=N)N)c3)NS(=O)(=O)c3ccc(NC(=O)CNC(=O)OC(C)(C)C)cc3)sc2c1.O=C(O)C(F)(F)F. The Morgan fingerprint density at radius 1 is 1.04 bits per heavy atom. The number of aliphatic carboxylic acids is 1. The van der Waals surface area contributed by atoms with Crippen LogP contribution in [-0.2, 0) is 30.8 Å². The monoisotopic (exact) mass is 752 g/mol. The number of ether oxygens (including phenoxy) is 2. The second-order valence-corrected chi connectivity index (χ2v) is 14.4. The predicted molar refractivity (Wildman–Crippen MR) is 183 cm³/mol. The first-order valence-corrected chi connectivity index (χ1v) is 17.0. The summed E-state index contributed by atoms with van der Waals surface area (Å²) in [4.78, 5) is 37.6. The molecule has 7 N–H and O–H groups in total. The fraction of sp³-hybridized carbons (Fsp3) is 0.281. The predicted octanol–water partition coefficient (Wildman–Crippen LogP) is 4.95. The molecule has 274 valence electrons. The molecule has 3 aromatic carbocycles. The van der Waals surface area contributed by atoms with E-state index in [4.69, 9.17) is 35.5 Å². The maximum absolute atomic E-state index is 13.6. The average Bonchev–Trinajstić information content (AvgIpc) is 3.46. The second-order valence-electron chi connectivity index (χ2n) is 11.6. The lowest BCUT2D eigenvalue weighted by Crippen LogP contribution is -2.37. The van der Waals surface area contributed by atoms with E-state index in [-0.39, 0.29) is 23.7 Å². The summed E-state index contributed by atoms with van der Waals surface area (Å²) in [6.45, 7) is 4.81. The summed E-state index contributed by atoms with van der Waals surface area (Å²) in [7, 11) is -2.48. The van der Waals surface area contributed by atoms with Crippen LogP contribution in [0.25, 0.3) is 10.2 Å². The lowest BCUT2D eigenvalue weighted by molar-refractivity contribution is -0.192. The highest BCUT2D eigenvalue weighted by Gasteiger charge is 2.38. The zero-order valence-electron chi connectivity index (χ0n) is 27.6. The molecule has 1 aromatic heterocycles. The molecule has 1 atom stereocenters. The van der Waals surface area contributed by atoms with Gasteiger partial charge in [-0.3, -0.25) is 10.2 Å². The fourth-order valence-electron chi connectivity index (χ4n) is 4.12. The third kappa shape index (κ3) is 12.5. The van der Waals surface area contributed by atoms with Crippen LogP contribution in [0.4, 0.5) is 23.7 Å². The van der Waals surface area contributed by atoms with Gasteiger partial charge in [0.05, 0.1) is 28.3 Å². The number of fused-ring (bicyclic) bond motifs is 1. The maximum atomic E-state index is 13.6. The average molecular weight is 753 g/mol. The number of carboxylic acids is 1. The van der Waals surface area contributed by atoms with Gasteiger partial charge in [-0.05, 0) is 81.3 Å². The molecule has 0 bridgehead atoms. The molecule has 14 nitrogen and oxygen atoms in total. The summed E-state index contributed by atoms with van der Waals surface area (Å²) in [5.74, 6) is -2.70. The molecule has 19 heteroatoms. The number of alkyl carbamates (subject to hydrolysis) is 1. The number of nitrogen functional groups attached to an aromatic ring is 1. The van der Waals surface area contributed by atoms with Gasteiger partial charge < -0.3 is 30.9 Å². The summed E-state index contributed by atoms with van der Waals surface area (Å²) in [6.07, 6.45) is -5.56. The number of thiazole rings is 1. The van der Waals surface area contributed by atoms with Crippen LogP contribution in [0.5, 0.6) is 5.75 Å². The molecule has 4 rings (SSSR count). The number of amides is 2. The minimum atomic E-state index is -5.08. The van der Waals surface area contributed by atoms with Crippen LogP contribution in [0.1, 0.15) is 42.9 Å². The Hall–Kier alpha value is -5.27. The van der Waals surface area contributed by atoms with E-state index in [9.17, 15) is 31.2 Å². The van der Waals surface area contributed by atoms with Crippen molar-refractivity contribution in [1.29, 1.82) is 5.41 Å². The molecule has 0 spiro atoms. The lowest BCUT2D eigenvalue weighted by Gasteiger charge is -2.19. The molecule has 2 amide bonds. The summed E-state index contributed by atoms with van der Waals surface area (Å²) >= 11 is 1.35. The van der Waals surface area contributed by atoms with Gasteiger partial charge in [-0.2, -0.15) is 13.2 Å². The molecule has 51 heavy (non-hydrogen) atoms. The van der Waals surface area contributed by atoms with Crippen molar-refractivity contribution in [3.63, 3.8) is 0 Å². The molecule has 0 fully saturated rings. The number of anilines is 1. The standard InChI is InChI=1S/C30H34N6O6S2.C2HF3O2/c1-30(2,3)42-29(38)33-17-26(37)34-20-8-11-22(12-9-20)44(39,40)36-24(15-18-6-5-7-19(14-18)27(31)32)28-35-23-13-10-21(41-4)16-25(23)43-28;3-2(4,5)1(6)7/h5-14,16,24,36H,15,17H2,1-4H3,(H3,31,32)(H,33,38)(H,34,37);(H,6,7). The number of alkyl halides is 3.